The SMILES string of the molecule is CC[C@]1(NC(=O)c2ccccc2F)C[C@H]2CN(CCc3c([nH]c4ccccc34)[C@@](C(=O)OC)(c3cc4c(cc3OC)N(C)[C@H]3[C@@](O)(C(=O)OC)[C@H](OC(C)=O)[C@]5(CC)C=CCN6CC[C@]43[C@@H]65)C2)C1. The van der Waals surface area contributed by atoms with Gasteiger partial charge in [-0.2, -0.15) is 0 Å². The molecule has 1 unspecified atom stereocenters. The first-order valence-electron chi connectivity index (χ1n) is 24.0. The number of aromatic amines is 1. The molecule has 1 saturated carbocycles. The van der Waals surface area contributed by atoms with Gasteiger partial charge in [0, 0.05) is 90.9 Å². The molecule has 1 spiro atoms. The molecule has 10 atom stereocenters. The molecule has 4 aromatic rings. The Bertz CT molecular complexity index is 2760. The third-order valence-corrected chi connectivity index (χ3v) is 17.1. The van der Waals surface area contributed by atoms with Crippen molar-refractivity contribution in [2.45, 2.75) is 99.5 Å². The molecule has 3 fully saturated rings. The van der Waals surface area contributed by atoms with Crippen LogP contribution in [0.25, 0.3) is 10.9 Å². The summed E-state index contributed by atoms with van der Waals surface area (Å²) in [5.74, 6) is -2.93. The monoisotopic (exact) mass is 931 g/mol. The van der Waals surface area contributed by atoms with Gasteiger partial charge in [0.25, 0.3) is 5.91 Å². The number of likely N-dealkylation sites (N-methyl/N-ethyl adjacent to an activating group) is 1. The lowest BCUT2D eigenvalue weighted by molar-refractivity contribution is -0.228. The van der Waals surface area contributed by atoms with E-state index in [1.807, 2.05) is 62.2 Å². The molecule has 14 nitrogen and oxygen atoms in total. The lowest BCUT2D eigenvalue weighted by atomic mass is 9.47. The van der Waals surface area contributed by atoms with Crippen LogP contribution in [0.3, 0.4) is 0 Å². The van der Waals surface area contributed by atoms with Gasteiger partial charge in [-0.05, 0) is 86.4 Å². The minimum absolute atomic E-state index is 0.0267. The number of fused-ring (bicyclic) bond motifs is 6. The van der Waals surface area contributed by atoms with Gasteiger partial charge in [0.05, 0.1) is 38.5 Å². The number of esters is 3. The van der Waals surface area contributed by atoms with Gasteiger partial charge in [-0.3, -0.25) is 19.3 Å². The standard InChI is InChI=1S/C53H62FN5O9/c1-8-49(56-43(61)35-16-10-12-17-38(35)54)27-32-28-52(47(62)66-6,42-34(19-23-58(29-32)30-49)33-15-11-13-18-39(33)55-42)37-25-36-40(26-41(37)65-5)57(4)45-51(36)21-24-59-22-14-20-50(9-2,44(51)59)46(68-31(3)60)53(45,64)48(63)67-7/h10-18,20,25-26,32,44-46,55,64H,8-9,19,21-24,27-30H2,1-7H3,(H,56,61)/t32-,44+,45-,46-,49+,50-,51-,52+,53+/m1/s1. The summed E-state index contributed by atoms with van der Waals surface area (Å²) >= 11 is 0. The summed E-state index contributed by atoms with van der Waals surface area (Å²) in [7, 11) is 6.07. The summed E-state index contributed by atoms with van der Waals surface area (Å²) in [4.78, 5) is 67.7. The zero-order valence-corrected chi connectivity index (χ0v) is 39.9. The van der Waals surface area contributed by atoms with Crippen molar-refractivity contribution >= 4 is 40.4 Å². The summed E-state index contributed by atoms with van der Waals surface area (Å²) < 4.78 is 39.3. The highest BCUT2D eigenvalue weighted by Gasteiger charge is 2.80. The van der Waals surface area contributed by atoms with Crippen LogP contribution in [-0.4, -0.2) is 134 Å². The van der Waals surface area contributed by atoms with Gasteiger partial charge < -0.3 is 44.2 Å². The molecule has 0 radical (unpaired) electrons. The van der Waals surface area contributed by atoms with Gasteiger partial charge in [0.2, 0.25) is 5.60 Å². The van der Waals surface area contributed by atoms with Gasteiger partial charge >= 0.3 is 17.9 Å². The predicted octanol–water partition coefficient (Wildman–Crippen LogP) is 5.57. The number of hydrogen-bond donors (Lipinski definition) is 3. The normalized spacial score (nSPS) is 33.5. The number of carbonyl (C=O) groups excluding carboxylic acids is 4. The Morgan fingerprint density at radius 3 is 2.38 bits per heavy atom. The molecule has 1 aliphatic carbocycles. The van der Waals surface area contributed by atoms with Crippen molar-refractivity contribution in [2.24, 2.45) is 11.3 Å². The number of ether oxygens (including phenoxy) is 4. The molecule has 10 rings (SSSR count). The minimum Gasteiger partial charge on any atom is -0.496 e. The predicted molar refractivity (Wildman–Crippen MR) is 252 cm³/mol. The number of aromatic nitrogens is 1. The largest absolute Gasteiger partial charge is 0.496 e. The van der Waals surface area contributed by atoms with E-state index in [0.717, 1.165) is 22.0 Å². The average molecular weight is 932 g/mol. The third-order valence-electron chi connectivity index (χ3n) is 17.1. The second-order valence-electron chi connectivity index (χ2n) is 20.2. The highest BCUT2D eigenvalue weighted by Crippen LogP contribution is 2.68. The summed E-state index contributed by atoms with van der Waals surface area (Å²) in [5, 5.41) is 17.7. The Labute approximate surface area is 396 Å². The number of hydrogen-bond acceptors (Lipinski definition) is 12. The van der Waals surface area contributed by atoms with Crippen LogP contribution in [-0.2, 0) is 45.8 Å². The summed E-state index contributed by atoms with van der Waals surface area (Å²) in [6.07, 6.45) is 5.56. The van der Waals surface area contributed by atoms with Gasteiger partial charge in [0.15, 0.2) is 6.10 Å². The number of rotatable bonds is 9. The number of aliphatic hydroxyl groups is 1. The van der Waals surface area contributed by atoms with Gasteiger partial charge in [0.1, 0.15) is 17.0 Å². The van der Waals surface area contributed by atoms with E-state index in [1.54, 1.807) is 19.2 Å². The Morgan fingerprint density at radius 1 is 0.926 bits per heavy atom. The lowest BCUT2D eigenvalue weighted by Gasteiger charge is -2.63. The maximum atomic E-state index is 15.7. The average Bonchev–Trinajstić information content (AvgIpc) is 4.00. The number of anilines is 1. The van der Waals surface area contributed by atoms with E-state index < -0.39 is 69.2 Å². The van der Waals surface area contributed by atoms with E-state index in [2.05, 4.69) is 32.2 Å². The van der Waals surface area contributed by atoms with Crippen molar-refractivity contribution in [1.29, 1.82) is 0 Å². The van der Waals surface area contributed by atoms with E-state index in [4.69, 9.17) is 18.9 Å². The maximum absolute atomic E-state index is 15.7. The molecule has 360 valence electrons. The van der Waals surface area contributed by atoms with Crippen molar-refractivity contribution in [3.8, 4) is 5.75 Å². The number of halogens is 1. The highest BCUT2D eigenvalue weighted by molar-refractivity contribution is 5.96. The van der Waals surface area contributed by atoms with Gasteiger partial charge in [-0.15, -0.1) is 0 Å². The fourth-order valence-electron chi connectivity index (χ4n) is 14.7. The van der Waals surface area contributed by atoms with Crippen LogP contribution in [0.2, 0.25) is 0 Å². The third kappa shape index (κ3) is 6.23. The van der Waals surface area contributed by atoms with E-state index in [0.29, 0.717) is 87.5 Å². The molecule has 1 amide bonds. The van der Waals surface area contributed by atoms with Gasteiger partial charge in [-0.1, -0.05) is 56.3 Å². The van der Waals surface area contributed by atoms with Crippen LogP contribution in [0.15, 0.2) is 72.8 Å². The highest BCUT2D eigenvalue weighted by atomic mass is 19.1. The van der Waals surface area contributed by atoms with Crippen molar-refractivity contribution in [1.82, 2.24) is 20.1 Å². The Balaban J connectivity index is 1.22. The zero-order valence-electron chi connectivity index (χ0n) is 39.9. The molecule has 1 aromatic heterocycles. The summed E-state index contributed by atoms with van der Waals surface area (Å²) in [6.45, 7) is 8.33. The summed E-state index contributed by atoms with van der Waals surface area (Å²) in [5.41, 5.74) is -2.08. The number of nitrogens with one attached hydrogen (secondary N) is 2. The quantitative estimate of drug-likeness (QED) is 0.109. The van der Waals surface area contributed by atoms with E-state index in [9.17, 15) is 19.5 Å². The Morgan fingerprint density at radius 2 is 1.68 bits per heavy atom. The first kappa shape index (κ1) is 46.0. The van der Waals surface area contributed by atoms with Crippen LogP contribution in [0.5, 0.6) is 5.75 Å². The number of benzene rings is 3. The van der Waals surface area contributed by atoms with E-state index in [1.165, 1.54) is 33.3 Å². The molecule has 2 bridgehead atoms. The molecule has 3 aromatic carbocycles. The number of H-pyrrole nitrogens is 1. The number of methoxy groups -OCH3 is 3. The zero-order chi connectivity index (χ0) is 48.1. The number of amides is 1. The van der Waals surface area contributed by atoms with Crippen LogP contribution in [0.4, 0.5) is 10.1 Å². The second-order valence-corrected chi connectivity index (χ2v) is 20.2. The topological polar surface area (TPSA) is 163 Å². The first-order valence-corrected chi connectivity index (χ1v) is 24.0. The van der Waals surface area contributed by atoms with E-state index >= 15 is 9.18 Å². The van der Waals surface area contributed by atoms with Gasteiger partial charge in [-0.25, -0.2) is 9.18 Å². The number of para-hydroxylation sites is 1. The van der Waals surface area contributed by atoms with Crippen molar-refractivity contribution in [3.05, 3.63) is 107 Å². The molecule has 68 heavy (non-hydrogen) atoms. The lowest BCUT2D eigenvalue weighted by Crippen LogP contribution is -2.81. The fraction of sp³-hybridized carbons (Fsp3) is 0.509. The first-order chi connectivity index (χ1) is 32.6. The molecule has 6 aliphatic rings. The maximum Gasteiger partial charge on any atom is 0.344 e. The molecule has 6 heterocycles. The van der Waals surface area contributed by atoms with E-state index in [-0.39, 0.29) is 23.9 Å². The smallest absolute Gasteiger partial charge is 0.344 e. The van der Waals surface area contributed by atoms with Crippen LogP contribution < -0.4 is 15.0 Å². The van der Waals surface area contributed by atoms with Crippen LogP contribution in [0, 0.1) is 17.2 Å². The van der Waals surface area contributed by atoms with Crippen LogP contribution >= 0.6 is 0 Å². The van der Waals surface area contributed by atoms with Crippen molar-refractivity contribution < 1.29 is 47.6 Å². The number of piperidine rings is 1. The molecule has 15 heteroatoms. The second kappa shape index (κ2) is 16.4. The number of nitrogens with zero attached hydrogens (tertiary/aromatic N) is 3. The Hall–Kier alpha value is -5.77. The molecule has 5 aliphatic heterocycles. The Kier molecular flexibility index (Phi) is 11.1. The molecular weight excluding hydrogens is 870 g/mol. The minimum atomic E-state index is -2.35. The molecule has 3 N–H and O–H groups in total. The molecular formula is C53H62FN5O9. The number of carbonyl (C=O) groups is 4. The van der Waals surface area contributed by atoms with Crippen molar-refractivity contribution in [2.75, 3.05) is 66.0 Å². The van der Waals surface area contributed by atoms with Crippen molar-refractivity contribution in [3.63, 3.8) is 0 Å². The summed E-state index contributed by atoms with van der Waals surface area (Å²) in [6, 6.07) is 16.7. The van der Waals surface area contributed by atoms with Crippen LogP contribution in [0.1, 0.15) is 85.6 Å². The fourth-order valence-corrected chi connectivity index (χ4v) is 14.7. The molecule has 2 saturated heterocycles.